The molecule has 0 unspecified atom stereocenters. The first-order valence-electron chi connectivity index (χ1n) is 5.41. The molecule has 74 valence electrons. The van der Waals surface area contributed by atoms with Crippen LogP contribution in [0.15, 0.2) is 0 Å². The van der Waals surface area contributed by atoms with E-state index in [4.69, 9.17) is 0 Å². The molecule has 2 saturated carbocycles. The van der Waals surface area contributed by atoms with Crippen LogP contribution in [0.2, 0.25) is 0 Å². The summed E-state index contributed by atoms with van der Waals surface area (Å²) < 4.78 is 0. The Hall–Kier alpha value is -0.530. The van der Waals surface area contributed by atoms with Crippen LogP contribution in [-0.4, -0.2) is 11.9 Å². The summed E-state index contributed by atoms with van der Waals surface area (Å²) in [5.41, 5.74) is -0.0151. The first kappa shape index (κ1) is 9.04. The predicted octanol–water partition coefficient (Wildman–Crippen LogP) is 2.09. The van der Waals surface area contributed by atoms with Crippen molar-refractivity contribution < 1.29 is 4.79 Å². The molecule has 2 nitrogen and oxygen atoms in total. The number of hydrogen-bond donors (Lipinski definition) is 1. The maximum Gasteiger partial charge on any atom is 0.226 e. The monoisotopic (exact) mass is 181 g/mol. The van der Waals surface area contributed by atoms with Gasteiger partial charge in [0.15, 0.2) is 0 Å². The second-order valence-corrected chi connectivity index (χ2v) is 5.16. The number of rotatable bonds is 2. The minimum atomic E-state index is -0.0151. The maximum absolute atomic E-state index is 11.7. The Bertz CT molecular complexity index is 214. The molecule has 0 saturated heterocycles. The van der Waals surface area contributed by atoms with Crippen molar-refractivity contribution in [1.29, 1.82) is 0 Å². The summed E-state index contributed by atoms with van der Waals surface area (Å²) in [6.07, 6.45) is 5.76. The molecular weight excluding hydrogens is 162 g/mol. The fourth-order valence-electron chi connectivity index (χ4n) is 2.31. The number of carbonyl (C=O) groups is 1. The molecule has 0 radical (unpaired) electrons. The topological polar surface area (TPSA) is 29.1 Å². The Morgan fingerprint density at radius 2 is 2.00 bits per heavy atom. The molecular formula is C11H19NO. The third-order valence-corrected chi connectivity index (χ3v) is 3.71. The molecule has 2 aliphatic rings. The lowest BCUT2D eigenvalue weighted by atomic mass is 9.69. The van der Waals surface area contributed by atoms with Gasteiger partial charge in [0, 0.05) is 11.5 Å². The van der Waals surface area contributed by atoms with E-state index in [1.165, 1.54) is 19.3 Å². The van der Waals surface area contributed by atoms with Crippen molar-refractivity contribution in [3.63, 3.8) is 0 Å². The molecule has 0 atom stereocenters. The molecule has 2 fully saturated rings. The van der Waals surface area contributed by atoms with E-state index in [0.717, 1.165) is 18.8 Å². The van der Waals surface area contributed by atoms with Crippen LogP contribution in [0, 0.1) is 11.3 Å². The zero-order chi connectivity index (χ0) is 9.47. The molecule has 0 aliphatic heterocycles. The fraction of sp³-hybridized carbons (Fsp3) is 0.909. The van der Waals surface area contributed by atoms with Gasteiger partial charge in [0.25, 0.3) is 0 Å². The number of hydrogen-bond acceptors (Lipinski definition) is 1. The Labute approximate surface area is 80.1 Å². The first-order valence-corrected chi connectivity index (χ1v) is 5.41. The van der Waals surface area contributed by atoms with Gasteiger partial charge in [-0.2, -0.15) is 0 Å². The third kappa shape index (κ3) is 1.59. The van der Waals surface area contributed by atoms with Gasteiger partial charge in [-0.05, 0) is 31.6 Å². The summed E-state index contributed by atoms with van der Waals surface area (Å²) >= 11 is 0. The molecule has 0 aromatic carbocycles. The summed E-state index contributed by atoms with van der Waals surface area (Å²) in [4.78, 5) is 11.7. The van der Waals surface area contributed by atoms with Crippen molar-refractivity contribution in [3.05, 3.63) is 0 Å². The van der Waals surface area contributed by atoms with Crippen LogP contribution in [0.4, 0.5) is 0 Å². The van der Waals surface area contributed by atoms with E-state index in [9.17, 15) is 4.79 Å². The lowest BCUT2D eigenvalue weighted by Crippen LogP contribution is -2.51. The SMILES string of the molecule is CC1CC(NC(=O)C2(C)CCC2)C1. The van der Waals surface area contributed by atoms with Crippen molar-refractivity contribution >= 4 is 5.91 Å². The summed E-state index contributed by atoms with van der Waals surface area (Å²) in [5, 5.41) is 3.15. The minimum Gasteiger partial charge on any atom is -0.353 e. The van der Waals surface area contributed by atoms with Gasteiger partial charge in [0.05, 0.1) is 0 Å². The van der Waals surface area contributed by atoms with Crippen molar-refractivity contribution in [1.82, 2.24) is 5.32 Å². The molecule has 2 aliphatic carbocycles. The molecule has 0 spiro atoms. The molecule has 0 bridgehead atoms. The summed E-state index contributed by atoms with van der Waals surface area (Å²) in [5.74, 6) is 1.12. The second-order valence-electron chi connectivity index (χ2n) is 5.16. The quantitative estimate of drug-likeness (QED) is 0.694. The Balaban J connectivity index is 1.78. The second kappa shape index (κ2) is 3.00. The highest BCUT2D eigenvalue weighted by atomic mass is 16.2. The number of carbonyl (C=O) groups excluding carboxylic acids is 1. The van der Waals surface area contributed by atoms with Crippen LogP contribution in [0.3, 0.4) is 0 Å². The largest absolute Gasteiger partial charge is 0.353 e. The summed E-state index contributed by atoms with van der Waals surface area (Å²) in [7, 11) is 0. The van der Waals surface area contributed by atoms with Gasteiger partial charge in [0.2, 0.25) is 5.91 Å². The van der Waals surface area contributed by atoms with Crippen molar-refractivity contribution in [3.8, 4) is 0 Å². The predicted molar refractivity (Wildman–Crippen MR) is 52.3 cm³/mol. The molecule has 2 heteroatoms. The Kier molecular flexibility index (Phi) is 2.09. The van der Waals surface area contributed by atoms with Crippen molar-refractivity contribution in [2.75, 3.05) is 0 Å². The standard InChI is InChI=1S/C11H19NO/c1-8-6-9(7-8)12-10(13)11(2)4-3-5-11/h8-9H,3-7H2,1-2H3,(H,12,13). The van der Waals surface area contributed by atoms with Crippen LogP contribution < -0.4 is 5.32 Å². The number of nitrogens with one attached hydrogen (secondary N) is 1. The molecule has 0 aromatic heterocycles. The third-order valence-electron chi connectivity index (χ3n) is 3.71. The number of amides is 1. The van der Waals surface area contributed by atoms with Gasteiger partial charge in [-0.1, -0.05) is 20.3 Å². The molecule has 1 amide bonds. The molecule has 13 heavy (non-hydrogen) atoms. The minimum absolute atomic E-state index is 0.0151. The zero-order valence-electron chi connectivity index (χ0n) is 8.60. The zero-order valence-corrected chi connectivity index (χ0v) is 8.60. The van der Waals surface area contributed by atoms with Gasteiger partial charge in [-0.3, -0.25) is 4.79 Å². The van der Waals surface area contributed by atoms with E-state index in [-0.39, 0.29) is 5.41 Å². The van der Waals surface area contributed by atoms with E-state index in [2.05, 4.69) is 19.2 Å². The summed E-state index contributed by atoms with van der Waals surface area (Å²) in [6, 6.07) is 0.486. The Morgan fingerprint density at radius 3 is 2.38 bits per heavy atom. The van der Waals surface area contributed by atoms with Gasteiger partial charge in [-0.15, -0.1) is 0 Å². The van der Waals surface area contributed by atoms with Crippen LogP contribution >= 0.6 is 0 Å². The van der Waals surface area contributed by atoms with Crippen LogP contribution in [0.1, 0.15) is 46.0 Å². The van der Waals surface area contributed by atoms with E-state index in [1.807, 2.05) is 0 Å². The van der Waals surface area contributed by atoms with Crippen LogP contribution in [0.5, 0.6) is 0 Å². The van der Waals surface area contributed by atoms with Crippen molar-refractivity contribution in [2.45, 2.75) is 52.0 Å². The smallest absolute Gasteiger partial charge is 0.226 e. The average molecular weight is 181 g/mol. The molecule has 1 N–H and O–H groups in total. The molecule has 0 aromatic rings. The molecule has 2 rings (SSSR count). The van der Waals surface area contributed by atoms with Crippen LogP contribution in [0.25, 0.3) is 0 Å². The molecule has 0 heterocycles. The first-order chi connectivity index (χ1) is 6.10. The Morgan fingerprint density at radius 1 is 1.38 bits per heavy atom. The normalized spacial score (nSPS) is 35.8. The van der Waals surface area contributed by atoms with Gasteiger partial charge >= 0.3 is 0 Å². The maximum atomic E-state index is 11.7. The fourth-order valence-corrected chi connectivity index (χ4v) is 2.31. The van der Waals surface area contributed by atoms with Gasteiger partial charge in [0.1, 0.15) is 0 Å². The van der Waals surface area contributed by atoms with Crippen LogP contribution in [-0.2, 0) is 4.79 Å². The lowest BCUT2D eigenvalue weighted by Gasteiger charge is -2.41. The van der Waals surface area contributed by atoms with E-state index >= 15 is 0 Å². The average Bonchev–Trinajstić information content (AvgIpc) is 1.97. The van der Waals surface area contributed by atoms with Crippen molar-refractivity contribution in [2.24, 2.45) is 11.3 Å². The van der Waals surface area contributed by atoms with Gasteiger partial charge in [-0.25, -0.2) is 0 Å². The lowest BCUT2D eigenvalue weighted by molar-refractivity contribution is -0.136. The van der Waals surface area contributed by atoms with E-state index in [0.29, 0.717) is 11.9 Å². The summed E-state index contributed by atoms with van der Waals surface area (Å²) in [6.45, 7) is 4.33. The highest BCUT2D eigenvalue weighted by Gasteiger charge is 2.41. The van der Waals surface area contributed by atoms with Gasteiger partial charge < -0.3 is 5.32 Å². The van der Waals surface area contributed by atoms with E-state index < -0.39 is 0 Å². The van der Waals surface area contributed by atoms with E-state index in [1.54, 1.807) is 0 Å². The highest BCUT2D eigenvalue weighted by Crippen LogP contribution is 2.41. The highest BCUT2D eigenvalue weighted by molar-refractivity contribution is 5.83.